The Hall–Kier alpha value is -4.53. The Morgan fingerprint density at radius 1 is 0.970 bits per heavy atom. The summed E-state index contributed by atoms with van der Waals surface area (Å²) in [4.78, 5) is 44.7. The van der Waals surface area contributed by atoms with Gasteiger partial charge in [-0.05, 0) is 68.4 Å². The second-order valence-electron chi connectivity index (χ2n) is 7.15. The van der Waals surface area contributed by atoms with Crippen molar-refractivity contribution in [2.45, 2.75) is 13.8 Å². The molecule has 0 amide bonds. The van der Waals surface area contributed by atoms with Gasteiger partial charge in [-0.15, -0.1) is 0 Å². The minimum Gasteiger partial charge on any atom is -0.478 e. The summed E-state index contributed by atoms with van der Waals surface area (Å²) in [5.41, 5.74) is 2.40. The van der Waals surface area contributed by atoms with E-state index in [0.29, 0.717) is 40.3 Å². The number of hydrogen-bond acceptors (Lipinski definition) is 7. The zero-order valence-electron chi connectivity index (χ0n) is 17.9. The molecule has 0 atom stereocenters. The van der Waals surface area contributed by atoms with E-state index < -0.39 is 11.9 Å². The molecule has 0 radical (unpaired) electrons. The van der Waals surface area contributed by atoms with Gasteiger partial charge in [0.05, 0.1) is 29.1 Å². The number of esters is 1. The smallest absolute Gasteiger partial charge is 0.338 e. The number of nitrogens with zero attached hydrogens (tertiary/aromatic N) is 3. The number of carboxylic acids is 1. The third kappa shape index (κ3) is 4.42. The number of aryl methyl sites for hydroxylation is 1. The molecule has 33 heavy (non-hydrogen) atoms. The zero-order chi connectivity index (χ0) is 23.5. The van der Waals surface area contributed by atoms with Gasteiger partial charge < -0.3 is 15.2 Å². The maximum Gasteiger partial charge on any atom is 0.338 e. The molecule has 0 saturated heterocycles. The summed E-state index contributed by atoms with van der Waals surface area (Å²) >= 11 is 0. The molecule has 4 rings (SSSR count). The van der Waals surface area contributed by atoms with Crippen molar-refractivity contribution in [1.29, 1.82) is 0 Å². The number of aromatic carboxylic acids is 1. The van der Waals surface area contributed by atoms with E-state index in [1.807, 2.05) is 0 Å². The first-order valence-corrected chi connectivity index (χ1v) is 10.2. The van der Waals surface area contributed by atoms with Gasteiger partial charge in [0.1, 0.15) is 0 Å². The zero-order valence-corrected chi connectivity index (χ0v) is 17.9. The van der Waals surface area contributed by atoms with Crippen LogP contribution in [-0.2, 0) is 4.74 Å². The molecule has 0 aliphatic heterocycles. The van der Waals surface area contributed by atoms with Crippen LogP contribution in [0.2, 0.25) is 0 Å². The summed E-state index contributed by atoms with van der Waals surface area (Å²) in [6.45, 7) is 3.85. The standard InChI is InChI=1S/C24H20N4O5/c1-3-33-23(32)16-4-8-17(9-5-16)26-24-25-14(2)19-12-13-20(29)28(21(19)27-24)18-10-6-15(7-11-18)22(30)31/h4-13H,3H2,1-2H3,(H,30,31)(H,25,26,27). The number of rotatable bonds is 6. The fraction of sp³-hybridized carbons (Fsp3) is 0.125. The Kier molecular flexibility index (Phi) is 5.86. The fourth-order valence-electron chi connectivity index (χ4n) is 3.36. The normalized spacial score (nSPS) is 10.7. The number of pyridine rings is 1. The van der Waals surface area contributed by atoms with Crippen molar-refractivity contribution in [1.82, 2.24) is 14.5 Å². The third-order valence-corrected chi connectivity index (χ3v) is 4.97. The van der Waals surface area contributed by atoms with Gasteiger partial charge >= 0.3 is 11.9 Å². The van der Waals surface area contributed by atoms with Crippen molar-refractivity contribution < 1.29 is 19.4 Å². The van der Waals surface area contributed by atoms with E-state index in [1.54, 1.807) is 56.3 Å². The number of ether oxygens (including phenoxy) is 1. The van der Waals surface area contributed by atoms with E-state index in [9.17, 15) is 14.4 Å². The first-order valence-electron chi connectivity index (χ1n) is 10.2. The van der Waals surface area contributed by atoms with E-state index in [4.69, 9.17) is 9.84 Å². The SMILES string of the molecule is CCOC(=O)c1ccc(Nc2nc(C)c3ccc(=O)n(-c4ccc(C(=O)O)cc4)c3n2)cc1. The lowest BCUT2D eigenvalue weighted by Crippen LogP contribution is -2.19. The quantitative estimate of drug-likeness (QED) is 0.432. The van der Waals surface area contributed by atoms with Crippen LogP contribution in [0.1, 0.15) is 33.3 Å². The van der Waals surface area contributed by atoms with Crippen LogP contribution >= 0.6 is 0 Å². The number of carbonyl (C=O) groups excluding carboxylic acids is 1. The lowest BCUT2D eigenvalue weighted by molar-refractivity contribution is 0.0526. The molecule has 2 heterocycles. The fourth-order valence-corrected chi connectivity index (χ4v) is 3.36. The van der Waals surface area contributed by atoms with E-state index in [-0.39, 0.29) is 17.1 Å². The van der Waals surface area contributed by atoms with E-state index in [0.717, 1.165) is 0 Å². The first-order chi connectivity index (χ1) is 15.9. The number of carbonyl (C=O) groups is 2. The molecular formula is C24H20N4O5. The Labute approximate surface area is 188 Å². The average Bonchev–Trinajstić information content (AvgIpc) is 2.79. The van der Waals surface area contributed by atoms with E-state index >= 15 is 0 Å². The van der Waals surface area contributed by atoms with Gasteiger partial charge in [-0.2, -0.15) is 4.98 Å². The first kappa shape index (κ1) is 21.7. The summed E-state index contributed by atoms with van der Waals surface area (Å²) < 4.78 is 6.40. The largest absolute Gasteiger partial charge is 0.478 e. The number of anilines is 2. The molecule has 0 fully saturated rings. The molecule has 4 aromatic rings. The van der Waals surface area contributed by atoms with Gasteiger partial charge in [0.15, 0.2) is 5.65 Å². The summed E-state index contributed by atoms with van der Waals surface area (Å²) in [6, 6.07) is 15.7. The Morgan fingerprint density at radius 3 is 2.27 bits per heavy atom. The highest BCUT2D eigenvalue weighted by molar-refractivity contribution is 5.90. The Balaban J connectivity index is 1.74. The minimum atomic E-state index is -1.05. The molecule has 0 unspecified atom stereocenters. The molecule has 166 valence electrons. The van der Waals surface area contributed by atoms with Crippen molar-refractivity contribution >= 4 is 34.6 Å². The second kappa shape index (κ2) is 8.91. The van der Waals surface area contributed by atoms with Crippen molar-refractivity contribution in [3.05, 3.63) is 87.8 Å². The predicted octanol–water partition coefficient (Wildman–Crippen LogP) is 3.71. The predicted molar refractivity (Wildman–Crippen MR) is 123 cm³/mol. The van der Waals surface area contributed by atoms with Crippen LogP contribution in [0, 0.1) is 6.92 Å². The van der Waals surface area contributed by atoms with Crippen molar-refractivity contribution in [2.24, 2.45) is 0 Å². The van der Waals surface area contributed by atoms with Crippen molar-refractivity contribution in [2.75, 3.05) is 11.9 Å². The molecule has 9 nitrogen and oxygen atoms in total. The Morgan fingerprint density at radius 2 is 1.64 bits per heavy atom. The lowest BCUT2D eigenvalue weighted by Gasteiger charge is -2.13. The van der Waals surface area contributed by atoms with Crippen LogP contribution in [0.3, 0.4) is 0 Å². The van der Waals surface area contributed by atoms with Gasteiger partial charge in [-0.3, -0.25) is 9.36 Å². The van der Waals surface area contributed by atoms with Crippen molar-refractivity contribution in [3.63, 3.8) is 0 Å². The average molecular weight is 444 g/mol. The number of benzene rings is 2. The highest BCUT2D eigenvalue weighted by atomic mass is 16.5. The minimum absolute atomic E-state index is 0.117. The summed E-state index contributed by atoms with van der Waals surface area (Å²) in [5, 5.41) is 12.9. The van der Waals surface area contributed by atoms with E-state index in [2.05, 4.69) is 15.3 Å². The molecule has 2 aromatic carbocycles. The van der Waals surface area contributed by atoms with Crippen LogP contribution < -0.4 is 10.9 Å². The molecule has 0 aliphatic rings. The molecule has 0 saturated carbocycles. The summed E-state index contributed by atoms with van der Waals surface area (Å²) in [5.74, 6) is -1.18. The summed E-state index contributed by atoms with van der Waals surface area (Å²) in [7, 11) is 0. The van der Waals surface area contributed by atoms with Gasteiger partial charge in [0.25, 0.3) is 5.56 Å². The van der Waals surface area contributed by atoms with Crippen LogP contribution in [0.25, 0.3) is 16.7 Å². The molecule has 9 heteroatoms. The summed E-state index contributed by atoms with van der Waals surface area (Å²) in [6.07, 6.45) is 0. The topological polar surface area (TPSA) is 123 Å². The number of aromatic nitrogens is 3. The van der Waals surface area contributed by atoms with Crippen LogP contribution in [0.4, 0.5) is 11.6 Å². The van der Waals surface area contributed by atoms with Crippen LogP contribution in [0.15, 0.2) is 65.5 Å². The molecule has 2 aromatic heterocycles. The Bertz CT molecular complexity index is 1410. The number of fused-ring (bicyclic) bond motifs is 1. The third-order valence-electron chi connectivity index (χ3n) is 4.97. The van der Waals surface area contributed by atoms with Gasteiger partial charge in [0, 0.05) is 17.1 Å². The van der Waals surface area contributed by atoms with Gasteiger partial charge in [-0.1, -0.05) is 0 Å². The maximum atomic E-state index is 12.7. The highest BCUT2D eigenvalue weighted by Crippen LogP contribution is 2.21. The molecule has 2 N–H and O–H groups in total. The second-order valence-corrected chi connectivity index (χ2v) is 7.15. The van der Waals surface area contributed by atoms with E-state index in [1.165, 1.54) is 22.8 Å². The lowest BCUT2D eigenvalue weighted by atomic mass is 10.2. The highest BCUT2D eigenvalue weighted by Gasteiger charge is 2.13. The number of carboxylic acid groups (broad SMARTS) is 1. The van der Waals surface area contributed by atoms with Crippen LogP contribution in [0.5, 0.6) is 0 Å². The van der Waals surface area contributed by atoms with Crippen molar-refractivity contribution in [3.8, 4) is 5.69 Å². The molecule has 0 bridgehead atoms. The molecular weight excluding hydrogens is 424 g/mol. The van der Waals surface area contributed by atoms with Crippen LogP contribution in [-0.4, -0.2) is 38.2 Å². The molecule has 0 aliphatic carbocycles. The number of hydrogen-bond donors (Lipinski definition) is 2. The monoisotopic (exact) mass is 444 g/mol. The maximum absolute atomic E-state index is 12.7. The van der Waals surface area contributed by atoms with Gasteiger partial charge in [-0.25, -0.2) is 14.6 Å². The molecule has 0 spiro atoms. The number of nitrogens with one attached hydrogen (secondary N) is 1. The van der Waals surface area contributed by atoms with Gasteiger partial charge in [0.2, 0.25) is 5.95 Å².